The fourth-order valence-corrected chi connectivity index (χ4v) is 6.77. The number of aryl methyl sites for hydroxylation is 1. The van der Waals surface area contributed by atoms with E-state index in [0.717, 1.165) is 28.6 Å². The quantitative estimate of drug-likeness (QED) is 0.278. The first-order valence-electron chi connectivity index (χ1n) is 14.5. The first-order chi connectivity index (χ1) is 19.1. The summed E-state index contributed by atoms with van der Waals surface area (Å²) in [6.07, 6.45) is 1.15. The zero-order chi connectivity index (χ0) is 29.9. The van der Waals surface area contributed by atoms with Gasteiger partial charge < -0.3 is 14.4 Å². The van der Waals surface area contributed by atoms with Crippen LogP contribution in [0.2, 0.25) is 25.7 Å². The van der Waals surface area contributed by atoms with E-state index in [2.05, 4.69) is 24.5 Å². The summed E-state index contributed by atoms with van der Waals surface area (Å²) in [6.45, 7) is 14.1. The maximum absolute atomic E-state index is 13.5. The fourth-order valence-electron chi connectivity index (χ4n) is 6.01. The highest BCUT2D eigenvalue weighted by molar-refractivity contribution is 6.76. The minimum absolute atomic E-state index is 0.0834. The van der Waals surface area contributed by atoms with Gasteiger partial charge in [-0.05, 0) is 57.9 Å². The van der Waals surface area contributed by atoms with Gasteiger partial charge in [0.25, 0.3) is 5.91 Å². The number of anilines is 1. The number of imide groups is 1. The van der Waals surface area contributed by atoms with Gasteiger partial charge in [-0.15, -0.1) is 0 Å². The molecule has 6 rings (SSSR count). The van der Waals surface area contributed by atoms with Gasteiger partial charge in [-0.1, -0.05) is 19.6 Å². The molecule has 2 bridgehead atoms. The van der Waals surface area contributed by atoms with Crippen molar-refractivity contribution in [1.82, 2.24) is 18.9 Å². The molecule has 3 unspecified atom stereocenters. The zero-order valence-corrected chi connectivity index (χ0v) is 26.3. The van der Waals surface area contributed by atoms with Crippen molar-refractivity contribution in [3.05, 3.63) is 28.7 Å². The number of rotatable bonds is 7. The van der Waals surface area contributed by atoms with Gasteiger partial charge in [-0.25, -0.2) is 9.59 Å². The van der Waals surface area contributed by atoms with Crippen molar-refractivity contribution < 1.29 is 23.9 Å². The highest BCUT2D eigenvalue weighted by atomic mass is 28.3. The van der Waals surface area contributed by atoms with Gasteiger partial charge >= 0.3 is 11.8 Å². The van der Waals surface area contributed by atoms with Gasteiger partial charge in [0.05, 0.1) is 23.1 Å². The summed E-state index contributed by atoms with van der Waals surface area (Å²) in [5.41, 5.74) is 1.52. The molecule has 4 fully saturated rings. The lowest BCUT2D eigenvalue weighted by Crippen LogP contribution is -2.70. The molecular formula is C29H43N5O6Si. The molecule has 0 radical (unpaired) electrons. The fraction of sp³-hybridized carbons (Fsp3) is 0.655. The standard InChI is InChI=1S/C29H43N5O6Si/c1-29(2,3)40-28(38)33-20-14-21(33)17-31(16-20)19-8-9-22-24(15-19)30(4)27(37)34(22)23-10-11-25(35)32(26(23)36)18-39-12-13-41(5,6)7/h8-9,15,20-21,23H,10-14,16-18H2,1-7H3. The van der Waals surface area contributed by atoms with E-state index in [9.17, 15) is 19.2 Å². The first kappa shape index (κ1) is 29.4. The largest absolute Gasteiger partial charge is 0.444 e. The van der Waals surface area contributed by atoms with Crippen molar-refractivity contribution in [3.63, 3.8) is 0 Å². The number of aromatic nitrogens is 2. The average molecular weight is 586 g/mol. The van der Waals surface area contributed by atoms with Gasteiger partial charge in [0.15, 0.2) is 0 Å². The molecule has 5 heterocycles. The van der Waals surface area contributed by atoms with Crippen LogP contribution < -0.4 is 10.6 Å². The average Bonchev–Trinajstić information content (AvgIpc) is 3.11. The van der Waals surface area contributed by atoms with Gasteiger partial charge in [-0.3, -0.25) is 28.5 Å². The number of hydrogen-bond donors (Lipinski definition) is 0. The van der Waals surface area contributed by atoms with E-state index in [1.807, 2.05) is 43.9 Å². The minimum atomic E-state index is -1.30. The SMILES string of the molecule is Cn1c(=O)n(C2CCC(=O)N(COCC[Si](C)(C)C)C2=O)c2ccc(N3CC4CC(C3)N4C(=O)OC(C)(C)C)cc21. The van der Waals surface area contributed by atoms with Gasteiger partial charge in [0.1, 0.15) is 18.4 Å². The Kier molecular flexibility index (Phi) is 7.60. The molecule has 224 valence electrons. The third-order valence-corrected chi connectivity index (χ3v) is 9.95. The lowest BCUT2D eigenvalue weighted by molar-refractivity contribution is -0.157. The molecule has 0 aliphatic carbocycles. The second kappa shape index (κ2) is 10.6. The molecule has 3 amide bonds. The number of ether oxygens (including phenoxy) is 2. The molecule has 0 saturated carbocycles. The number of carbonyl (C=O) groups is 3. The Bertz CT molecular complexity index is 1410. The monoisotopic (exact) mass is 585 g/mol. The molecule has 1 aromatic heterocycles. The summed E-state index contributed by atoms with van der Waals surface area (Å²) in [6, 6.07) is 6.18. The van der Waals surface area contributed by atoms with Crippen LogP contribution in [0.3, 0.4) is 0 Å². The number of amides is 3. The third-order valence-electron chi connectivity index (χ3n) is 8.25. The van der Waals surface area contributed by atoms with Gasteiger partial charge in [-0.2, -0.15) is 0 Å². The topological polar surface area (TPSA) is 106 Å². The van der Waals surface area contributed by atoms with E-state index in [0.29, 0.717) is 25.2 Å². The van der Waals surface area contributed by atoms with Crippen LogP contribution in [0.25, 0.3) is 11.0 Å². The summed E-state index contributed by atoms with van der Waals surface area (Å²) >= 11 is 0. The Morgan fingerprint density at radius 2 is 1.73 bits per heavy atom. The summed E-state index contributed by atoms with van der Waals surface area (Å²) in [5.74, 6) is -0.662. The predicted molar refractivity (Wildman–Crippen MR) is 159 cm³/mol. The Hall–Kier alpha value is -3.12. The molecule has 1 aromatic carbocycles. The summed E-state index contributed by atoms with van der Waals surface area (Å²) in [5, 5.41) is 0. The summed E-state index contributed by atoms with van der Waals surface area (Å²) in [7, 11) is 0.403. The molecule has 0 spiro atoms. The van der Waals surface area contributed by atoms with E-state index >= 15 is 0 Å². The Morgan fingerprint density at radius 1 is 1.05 bits per heavy atom. The normalized spacial score (nSPS) is 23.3. The molecule has 2 aromatic rings. The van der Waals surface area contributed by atoms with Crippen LogP contribution in [-0.2, 0) is 26.1 Å². The van der Waals surface area contributed by atoms with Crippen LogP contribution in [0.15, 0.2) is 23.0 Å². The first-order valence-corrected chi connectivity index (χ1v) is 18.2. The van der Waals surface area contributed by atoms with Crippen molar-refractivity contribution in [1.29, 1.82) is 0 Å². The Morgan fingerprint density at radius 3 is 2.37 bits per heavy atom. The molecule has 0 N–H and O–H groups in total. The zero-order valence-electron chi connectivity index (χ0n) is 25.3. The van der Waals surface area contributed by atoms with Crippen molar-refractivity contribution in [3.8, 4) is 0 Å². The summed E-state index contributed by atoms with van der Waals surface area (Å²) < 4.78 is 14.4. The van der Waals surface area contributed by atoms with Crippen LogP contribution in [0.5, 0.6) is 0 Å². The Labute approximate surface area is 242 Å². The molecule has 4 aliphatic rings. The lowest BCUT2D eigenvalue weighted by Gasteiger charge is -2.56. The van der Waals surface area contributed by atoms with Crippen molar-refractivity contribution in [2.45, 2.75) is 89.4 Å². The number of fused-ring (bicyclic) bond motifs is 3. The second-order valence-electron chi connectivity index (χ2n) is 13.8. The number of carbonyl (C=O) groups excluding carboxylic acids is 3. The van der Waals surface area contributed by atoms with Crippen molar-refractivity contribution >= 4 is 42.7 Å². The van der Waals surface area contributed by atoms with E-state index in [4.69, 9.17) is 9.47 Å². The van der Waals surface area contributed by atoms with E-state index in [1.165, 1.54) is 4.57 Å². The molecule has 41 heavy (non-hydrogen) atoms. The number of benzene rings is 1. The number of hydrogen-bond acceptors (Lipinski definition) is 7. The van der Waals surface area contributed by atoms with Crippen LogP contribution in [-0.4, -0.2) is 89.0 Å². The molecule has 3 atom stereocenters. The lowest BCUT2D eigenvalue weighted by atomic mass is 9.87. The number of imidazole rings is 1. The number of piperidine rings is 2. The molecule has 4 aliphatic heterocycles. The van der Waals surface area contributed by atoms with Crippen molar-refractivity contribution in [2.75, 3.05) is 31.3 Å². The van der Waals surface area contributed by atoms with Crippen LogP contribution in [0, 0.1) is 0 Å². The number of nitrogens with zero attached hydrogens (tertiary/aromatic N) is 5. The maximum atomic E-state index is 13.5. The van der Waals surface area contributed by atoms with Gasteiger partial charge in [0, 0.05) is 46.9 Å². The molecule has 12 heteroatoms. The van der Waals surface area contributed by atoms with Crippen LogP contribution >= 0.6 is 0 Å². The number of likely N-dealkylation sites (tertiary alicyclic amines) is 1. The summed E-state index contributed by atoms with van der Waals surface area (Å²) in [4.78, 5) is 57.5. The second-order valence-corrected chi connectivity index (χ2v) is 19.4. The molecule has 4 saturated heterocycles. The highest BCUT2D eigenvalue weighted by Gasteiger charge is 2.49. The predicted octanol–water partition coefficient (Wildman–Crippen LogP) is 3.54. The Balaban J connectivity index is 1.32. The van der Waals surface area contributed by atoms with Crippen molar-refractivity contribution in [2.24, 2.45) is 7.05 Å². The highest BCUT2D eigenvalue weighted by Crippen LogP contribution is 2.37. The smallest absolute Gasteiger partial charge is 0.410 e. The number of piperazine rings is 1. The maximum Gasteiger partial charge on any atom is 0.410 e. The minimum Gasteiger partial charge on any atom is -0.444 e. The van der Waals surface area contributed by atoms with E-state index < -0.39 is 25.6 Å². The van der Waals surface area contributed by atoms with Crippen LogP contribution in [0.1, 0.15) is 46.1 Å². The van der Waals surface area contributed by atoms with Crippen LogP contribution in [0.4, 0.5) is 10.5 Å². The van der Waals surface area contributed by atoms with Gasteiger partial charge in [0.2, 0.25) is 5.91 Å². The molecular weight excluding hydrogens is 542 g/mol. The van der Waals surface area contributed by atoms with E-state index in [-0.39, 0.29) is 49.3 Å². The van der Waals surface area contributed by atoms with E-state index in [1.54, 1.807) is 11.6 Å². The molecule has 11 nitrogen and oxygen atoms in total. The third kappa shape index (κ3) is 5.81.